The third kappa shape index (κ3) is 6.42. The van der Waals surface area contributed by atoms with E-state index >= 15 is 0 Å². The number of rotatable bonds is 10. The van der Waals surface area contributed by atoms with Crippen LogP contribution in [-0.2, 0) is 17.9 Å². The van der Waals surface area contributed by atoms with Gasteiger partial charge in [0.25, 0.3) is 5.91 Å². The molecule has 7 nitrogen and oxygen atoms in total. The molecule has 162 valence electrons. The zero-order valence-electron chi connectivity index (χ0n) is 17.4. The van der Waals surface area contributed by atoms with Gasteiger partial charge in [0, 0.05) is 32.4 Å². The van der Waals surface area contributed by atoms with E-state index in [0.717, 1.165) is 11.1 Å². The second kappa shape index (κ2) is 10.9. The number of methoxy groups -OCH3 is 1. The SMILES string of the molecule is CNC(=O)COc1ccc(CNCc2ccnc(Oc3ccccc3F)c2)cc1OC. The molecule has 0 unspecified atom stereocenters. The summed E-state index contributed by atoms with van der Waals surface area (Å²) in [4.78, 5) is 15.5. The van der Waals surface area contributed by atoms with Crippen molar-refractivity contribution in [1.29, 1.82) is 0 Å². The van der Waals surface area contributed by atoms with E-state index in [1.807, 2.05) is 18.2 Å². The van der Waals surface area contributed by atoms with Crippen molar-refractivity contribution in [2.45, 2.75) is 13.1 Å². The quantitative estimate of drug-likeness (QED) is 0.518. The molecule has 3 rings (SSSR count). The fraction of sp³-hybridized carbons (Fsp3) is 0.217. The highest BCUT2D eigenvalue weighted by Gasteiger charge is 2.09. The van der Waals surface area contributed by atoms with Crippen molar-refractivity contribution in [3.8, 4) is 23.1 Å². The molecule has 8 heteroatoms. The third-order valence-corrected chi connectivity index (χ3v) is 4.37. The largest absolute Gasteiger partial charge is 0.493 e. The molecule has 1 heterocycles. The van der Waals surface area contributed by atoms with Gasteiger partial charge in [-0.25, -0.2) is 9.37 Å². The summed E-state index contributed by atoms with van der Waals surface area (Å²) in [5, 5.41) is 5.83. The van der Waals surface area contributed by atoms with Crippen molar-refractivity contribution in [1.82, 2.24) is 15.6 Å². The summed E-state index contributed by atoms with van der Waals surface area (Å²) in [5.74, 6) is 0.842. The molecule has 0 fully saturated rings. The van der Waals surface area contributed by atoms with Gasteiger partial charge in [0.05, 0.1) is 7.11 Å². The summed E-state index contributed by atoms with van der Waals surface area (Å²) in [6.45, 7) is 1.06. The highest BCUT2D eigenvalue weighted by Crippen LogP contribution is 2.28. The van der Waals surface area contributed by atoms with Crippen LogP contribution in [0.2, 0.25) is 0 Å². The van der Waals surface area contributed by atoms with Gasteiger partial charge in [-0.1, -0.05) is 18.2 Å². The Morgan fingerprint density at radius 3 is 2.52 bits per heavy atom. The number of para-hydroxylation sites is 1. The first-order valence-corrected chi connectivity index (χ1v) is 9.67. The Morgan fingerprint density at radius 1 is 1.00 bits per heavy atom. The average molecular weight is 425 g/mol. The molecule has 0 aliphatic heterocycles. The van der Waals surface area contributed by atoms with Gasteiger partial charge < -0.3 is 24.8 Å². The highest BCUT2D eigenvalue weighted by molar-refractivity contribution is 5.77. The molecule has 0 aliphatic carbocycles. The van der Waals surface area contributed by atoms with Crippen LogP contribution in [-0.4, -0.2) is 31.7 Å². The minimum Gasteiger partial charge on any atom is -0.493 e. The maximum atomic E-state index is 13.8. The van der Waals surface area contributed by atoms with Gasteiger partial charge in [-0.3, -0.25) is 4.79 Å². The van der Waals surface area contributed by atoms with E-state index in [0.29, 0.717) is 30.5 Å². The Kier molecular flexibility index (Phi) is 7.78. The first-order chi connectivity index (χ1) is 15.1. The zero-order valence-corrected chi connectivity index (χ0v) is 17.4. The Labute approximate surface area is 180 Å². The summed E-state index contributed by atoms with van der Waals surface area (Å²) in [5.41, 5.74) is 1.93. The van der Waals surface area contributed by atoms with Gasteiger partial charge in [-0.15, -0.1) is 0 Å². The number of amides is 1. The van der Waals surface area contributed by atoms with Gasteiger partial charge in [-0.05, 0) is 41.5 Å². The van der Waals surface area contributed by atoms with Crippen LogP contribution in [0.25, 0.3) is 0 Å². The van der Waals surface area contributed by atoms with E-state index in [1.165, 1.54) is 6.07 Å². The van der Waals surface area contributed by atoms with Gasteiger partial charge in [0.1, 0.15) is 0 Å². The zero-order chi connectivity index (χ0) is 22.1. The Morgan fingerprint density at radius 2 is 1.77 bits per heavy atom. The van der Waals surface area contributed by atoms with Crippen molar-refractivity contribution in [2.24, 2.45) is 0 Å². The van der Waals surface area contributed by atoms with E-state index < -0.39 is 5.82 Å². The topological polar surface area (TPSA) is 81.7 Å². The number of likely N-dealkylation sites (N-methyl/N-ethyl adjacent to an activating group) is 1. The van der Waals surface area contributed by atoms with E-state index in [2.05, 4.69) is 15.6 Å². The molecule has 0 spiro atoms. The second-order valence-corrected chi connectivity index (χ2v) is 6.59. The first kappa shape index (κ1) is 22.0. The summed E-state index contributed by atoms with van der Waals surface area (Å²) < 4.78 is 30.1. The van der Waals surface area contributed by atoms with E-state index in [4.69, 9.17) is 14.2 Å². The number of hydrogen-bond donors (Lipinski definition) is 2. The minimum absolute atomic E-state index is 0.0796. The average Bonchev–Trinajstić information content (AvgIpc) is 2.79. The van der Waals surface area contributed by atoms with E-state index in [1.54, 1.807) is 50.7 Å². The van der Waals surface area contributed by atoms with Gasteiger partial charge in [-0.2, -0.15) is 0 Å². The van der Waals surface area contributed by atoms with E-state index in [9.17, 15) is 9.18 Å². The fourth-order valence-corrected chi connectivity index (χ4v) is 2.76. The number of carbonyl (C=O) groups excluding carboxylic acids is 1. The van der Waals surface area contributed by atoms with Crippen LogP contribution in [0.15, 0.2) is 60.8 Å². The lowest BCUT2D eigenvalue weighted by atomic mass is 10.2. The molecule has 0 saturated heterocycles. The maximum absolute atomic E-state index is 13.8. The molecule has 1 amide bonds. The first-order valence-electron chi connectivity index (χ1n) is 9.67. The number of nitrogens with one attached hydrogen (secondary N) is 2. The second-order valence-electron chi connectivity index (χ2n) is 6.59. The smallest absolute Gasteiger partial charge is 0.257 e. The molecular weight excluding hydrogens is 401 g/mol. The van der Waals surface area contributed by atoms with Crippen molar-refractivity contribution in [3.63, 3.8) is 0 Å². The van der Waals surface area contributed by atoms with Crippen LogP contribution in [0.1, 0.15) is 11.1 Å². The van der Waals surface area contributed by atoms with Crippen LogP contribution >= 0.6 is 0 Å². The monoisotopic (exact) mass is 425 g/mol. The molecule has 2 N–H and O–H groups in total. The number of halogens is 1. The summed E-state index contributed by atoms with van der Waals surface area (Å²) in [7, 11) is 3.10. The van der Waals surface area contributed by atoms with Gasteiger partial charge in [0.15, 0.2) is 29.7 Å². The Bertz CT molecular complexity index is 1030. The lowest BCUT2D eigenvalue weighted by molar-refractivity contribution is -0.122. The number of aromatic nitrogens is 1. The number of hydrogen-bond acceptors (Lipinski definition) is 6. The van der Waals surface area contributed by atoms with Crippen LogP contribution < -0.4 is 24.8 Å². The predicted octanol–water partition coefficient (Wildman–Crippen LogP) is 3.44. The minimum atomic E-state index is -0.440. The number of ether oxygens (including phenoxy) is 3. The van der Waals surface area contributed by atoms with Crippen LogP contribution in [0.5, 0.6) is 23.1 Å². The Balaban J connectivity index is 1.56. The standard InChI is InChI=1S/C23H24FN3O4/c1-25-22(28)15-30-20-8-7-16(11-21(20)29-2)13-26-14-17-9-10-27-23(12-17)31-19-6-4-3-5-18(19)24/h3-12,26H,13-15H2,1-2H3,(H,25,28). The predicted molar refractivity (Wildman–Crippen MR) is 114 cm³/mol. The Hall–Kier alpha value is -3.65. The number of benzene rings is 2. The molecular formula is C23H24FN3O4. The molecule has 0 saturated carbocycles. The van der Waals surface area contributed by atoms with Gasteiger partial charge >= 0.3 is 0 Å². The maximum Gasteiger partial charge on any atom is 0.257 e. The molecule has 1 aromatic heterocycles. The summed E-state index contributed by atoms with van der Waals surface area (Å²) >= 11 is 0. The third-order valence-electron chi connectivity index (χ3n) is 4.37. The van der Waals surface area contributed by atoms with Crippen LogP contribution in [0.3, 0.4) is 0 Å². The molecule has 31 heavy (non-hydrogen) atoms. The molecule has 3 aromatic rings. The molecule has 0 bridgehead atoms. The lowest BCUT2D eigenvalue weighted by Gasteiger charge is -2.12. The van der Waals surface area contributed by atoms with Crippen LogP contribution in [0, 0.1) is 5.82 Å². The molecule has 0 aliphatic rings. The lowest BCUT2D eigenvalue weighted by Crippen LogP contribution is -2.24. The van der Waals surface area contributed by atoms with Crippen molar-refractivity contribution in [3.05, 3.63) is 77.7 Å². The highest BCUT2D eigenvalue weighted by atomic mass is 19.1. The van der Waals surface area contributed by atoms with Crippen molar-refractivity contribution < 1.29 is 23.4 Å². The molecule has 2 aromatic carbocycles. The molecule has 0 radical (unpaired) electrons. The van der Waals surface area contributed by atoms with Crippen molar-refractivity contribution in [2.75, 3.05) is 20.8 Å². The molecule has 0 atom stereocenters. The van der Waals surface area contributed by atoms with Crippen molar-refractivity contribution >= 4 is 5.91 Å². The van der Waals surface area contributed by atoms with Gasteiger partial charge in [0.2, 0.25) is 5.88 Å². The fourth-order valence-electron chi connectivity index (χ4n) is 2.76. The number of nitrogens with zero attached hydrogens (tertiary/aromatic N) is 1. The number of pyridine rings is 1. The van der Waals surface area contributed by atoms with Crippen LogP contribution in [0.4, 0.5) is 4.39 Å². The summed E-state index contributed by atoms with van der Waals surface area (Å²) in [6.07, 6.45) is 1.62. The van der Waals surface area contributed by atoms with E-state index in [-0.39, 0.29) is 18.3 Å². The normalized spacial score (nSPS) is 10.4. The summed E-state index contributed by atoms with van der Waals surface area (Å²) in [6, 6.07) is 15.3. The number of carbonyl (C=O) groups is 1.